The predicted octanol–water partition coefficient (Wildman–Crippen LogP) is 1.40. The number of ether oxygens (including phenoxy) is 2. The van der Waals surface area contributed by atoms with Gasteiger partial charge in [-0.15, -0.1) is 0 Å². The van der Waals surface area contributed by atoms with Crippen molar-refractivity contribution in [2.45, 2.75) is 13.3 Å². The molecule has 102 valence electrons. The van der Waals surface area contributed by atoms with Gasteiger partial charge in [0.05, 0.1) is 11.6 Å². The Morgan fingerprint density at radius 1 is 1.47 bits per heavy atom. The van der Waals surface area contributed by atoms with E-state index < -0.39 is 0 Å². The van der Waals surface area contributed by atoms with Crippen LogP contribution in [0.5, 0.6) is 5.75 Å². The number of nitrogens with zero attached hydrogens (tertiary/aromatic N) is 1. The van der Waals surface area contributed by atoms with E-state index in [-0.39, 0.29) is 12.5 Å². The average Bonchev–Trinajstić information content (AvgIpc) is 2.43. The van der Waals surface area contributed by atoms with Gasteiger partial charge >= 0.3 is 0 Å². The second kappa shape index (κ2) is 8.11. The highest BCUT2D eigenvalue weighted by molar-refractivity contribution is 5.77. The van der Waals surface area contributed by atoms with Crippen molar-refractivity contribution in [3.8, 4) is 11.8 Å². The highest BCUT2D eigenvalue weighted by Gasteiger charge is 2.05. The molecule has 0 bridgehead atoms. The zero-order valence-corrected chi connectivity index (χ0v) is 11.2. The van der Waals surface area contributed by atoms with Gasteiger partial charge < -0.3 is 14.8 Å². The van der Waals surface area contributed by atoms with E-state index in [9.17, 15) is 4.79 Å². The Bertz CT molecular complexity index is 466. The quantitative estimate of drug-likeness (QED) is 0.754. The minimum atomic E-state index is -0.183. The lowest BCUT2D eigenvalue weighted by atomic mass is 10.1. The van der Waals surface area contributed by atoms with Crippen LogP contribution in [0, 0.1) is 18.3 Å². The molecule has 0 saturated heterocycles. The fraction of sp³-hybridized carbons (Fsp3) is 0.429. The molecule has 0 unspecified atom stereocenters. The molecule has 1 aromatic rings. The van der Waals surface area contributed by atoms with Gasteiger partial charge in [0.1, 0.15) is 5.75 Å². The zero-order valence-electron chi connectivity index (χ0n) is 11.2. The molecule has 0 aliphatic rings. The molecule has 5 nitrogen and oxygen atoms in total. The maximum absolute atomic E-state index is 11.5. The third-order valence-electron chi connectivity index (χ3n) is 2.52. The number of nitrogens with one attached hydrogen (secondary N) is 1. The summed E-state index contributed by atoms with van der Waals surface area (Å²) < 4.78 is 10.3. The van der Waals surface area contributed by atoms with Crippen molar-refractivity contribution in [3.05, 3.63) is 29.3 Å². The van der Waals surface area contributed by atoms with Gasteiger partial charge in [-0.25, -0.2) is 0 Å². The van der Waals surface area contributed by atoms with E-state index in [1.807, 2.05) is 13.0 Å². The summed E-state index contributed by atoms with van der Waals surface area (Å²) in [6.45, 7) is 2.99. The molecule has 1 amide bonds. The highest BCUT2D eigenvalue weighted by atomic mass is 16.5. The van der Waals surface area contributed by atoms with E-state index in [0.717, 1.165) is 12.0 Å². The molecule has 1 rings (SSSR count). The summed E-state index contributed by atoms with van der Waals surface area (Å²) >= 11 is 0. The first-order valence-corrected chi connectivity index (χ1v) is 6.06. The summed E-state index contributed by atoms with van der Waals surface area (Å²) in [4.78, 5) is 11.5. The molecule has 0 spiro atoms. The number of hydrogen-bond donors (Lipinski definition) is 1. The lowest BCUT2D eigenvalue weighted by Crippen LogP contribution is -2.30. The molecule has 0 heterocycles. The minimum Gasteiger partial charge on any atom is -0.483 e. The Hall–Kier alpha value is -2.06. The van der Waals surface area contributed by atoms with Gasteiger partial charge in [0, 0.05) is 20.3 Å². The molecular weight excluding hydrogens is 244 g/mol. The third kappa shape index (κ3) is 5.40. The van der Waals surface area contributed by atoms with Gasteiger partial charge in [-0.1, -0.05) is 6.07 Å². The SMILES string of the molecule is COCCCNC(=O)COc1cc(C#N)ccc1C. The number of carbonyl (C=O) groups is 1. The lowest BCUT2D eigenvalue weighted by molar-refractivity contribution is -0.123. The Labute approximate surface area is 113 Å². The van der Waals surface area contributed by atoms with E-state index >= 15 is 0 Å². The first-order valence-electron chi connectivity index (χ1n) is 6.06. The number of aryl methyl sites for hydroxylation is 1. The first-order chi connectivity index (χ1) is 9.17. The number of benzene rings is 1. The Balaban J connectivity index is 2.40. The van der Waals surface area contributed by atoms with E-state index in [2.05, 4.69) is 5.32 Å². The molecule has 1 aromatic carbocycles. The highest BCUT2D eigenvalue weighted by Crippen LogP contribution is 2.18. The summed E-state index contributed by atoms with van der Waals surface area (Å²) in [5.74, 6) is 0.379. The fourth-order valence-electron chi connectivity index (χ4n) is 1.46. The van der Waals surface area contributed by atoms with Crippen LogP contribution in [-0.4, -0.2) is 32.8 Å². The predicted molar refractivity (Wildman–Crippen MR) is 70.9 cm³/mol. The van der Waals surface area contributed by atoms with Crippen molar-refractivity contribution in [2.75, 3.05) is 26.9 Å². The second-order valence-electron chi connectivity index (χ2n) is 4.08. The van der Waals surface area contributed by atoms with Crippen LogP contribution in [0.2, 0.25) is 0 Å². The van der Waals surface area contributed by atoms with E-state index in [1.54, 1.807) is 25.3 Å². The van der Waals surface area contributed by atoms with Crippen LogP contribution in [-0.2, 0) is 9.53 Å². The smallest absolute Gasteiger partial charge is 0.257 e. The van der Waals surface area contributed by atoms with Gasteiger partial charge in [-0.05, 0) is 31.0 Å². The van der Waals surface area contributed by atoms with Crippen molar-refractivity contribution in [3.63, 3.8) is 0 Å². The minimum absolute atomic E-state index is 0.0529. The second-order valence-corrected chi connectivity index (χ2v) is 4.08. The van der Waals surface area contributed by atoms with Gasteiger partial charge in [0.25, 0.3) is 5.91 Å². The number of carbonyl (C=O) groups excluding carboxylic acids is 1. The molecule has 0 aromatic heterocycles. The van der Waals surface area contributed by atoms with Gasteiger partial charge in [0.2, 0.25) is 0 Å². The molecular formula is C14H18N2O3. The summed E-state index contributed by atoms with van der Waals surface area (Å²) in [7, 11) is 1.62. The maximum atomic E-state index is 11.5. The summed E-state index contributed by atoms with van der Waals surface area (Å²) in [6, 6.07) is 7.18. The number of amides is 1. The summed E-state index contributed by atoms with van der Waals surface area (Å²) in [6.07, 6.45) is 0.769. The van der Waals surface area contributed by atoms with Crippen LogP contribution in [0.1, 0.15) is 17.5 Å². The lowest BCUT2D eigenvalue weighted by Gasteiger charge is -2.09. The summed E-state index contributed by atoms with van der Waals surface area (Å²) in [5, 5.41) is 11.5. The maximum Gasteiger partial charge on any atom is 0.257 e. The number of rotatable bonds is 7. The Kier molecular flexibility index (Phi) is 6.41. The third-order valence-corrected chi connectivity index (χ3v) is 2.52. The van der Waals surface area contributed by atoms with Crippen LogP contribution >= 0.6 is 0 Å². The monoisotopic (exact) mass is 262 g/mol. The molecule has 0 aliphatic heterocycles. The van der Waals surface area contributed by atoms with Crippen LogP contribution in [0.15, 0.2) is 18.2 Å². The van der Waals surface area contributed by atoms with Crippen molar-refractivity contribution >= 4 is 5.91 Å². The Morgan fingerprint density at radius 3 is 2.95 bits per heavy atom. The van der Waals surface area contributed by atoms with Crippen LogP contribution in [0.3, 0.4) is 0 Å². The topological polar surface area (TPSA) is 71.3 Å². The van der Waals surface area contributed by atoms with Crippen LogP contribution in [0.4, 0.5) is 0 Å². The van der Waals surface area contributed by atoms with E-state index in [1.165, 1.54) is 0 Å². The average molecular weight is 262 g/mol. The molecule has 5 heteroatoms. The van der Waals surface area contributed by atoms with Crippen molar-refractivity contribution < 1.29 is 14.3 Å². The van der Waals surface area contributed by atoms with Crippen molar-refractivity contribution in [1.82, 2.24) is 5.32 Å². The van der Waals surface area contributed by atoms with Gasteiger partial charge in [-0.3, -0.25) is 4.79 Å². The molecule has 0 radical (unpaired) electrons. The van der Waals surface area contributed by atoms with Crippen molar-refractivity contribution in [1.29, 1.82) is 5.26 Å². The largest absolute Gasteiger partial charge is 0.483 e. The van der Waals surface area contributed by atoms with Crippen molar-refractivity contribution in [2.24, 2.45) is 0 Å². The van der Waals surface area contributed by atoms with Crippen LogP contribution in [0.25, 0.3) is 0 Å². The normalized spacial score (nSPS) is 9.74. The zero-order chi connectivity index (χ0) is 14.1. The number of nitriles is 1. The van der Waals surface area contributed by atoms with Gasteiger partial charge in [-0.2, -0.15) is 5.26 Å². The molecule has 0 atom stereocenters. The number of hydrogen-bond acceptors (Lipinski definition) is 4. The van der Waals surface area contributed by atoms with E-state index in [0.29, 0.717) is 24.5 Å². The molecule has 0 fully saturated rings. The Morgan fingerprint density at radius 2 is 2.26 bits per heavy atom. The van der Waals surface area contributed by atoms with Gasteiger partial charge in [0.15, 0.2) is 6.61 Å². The summed E-state index contributed by atoms with van der Waals surface area (Å²) in [5.41, 5.74) is 1.41. The van der Waals surface area contributed by atoms with E-state index in [4.69, 9.17) is 14.7 Å². The molecule has 0 saturated carbocycles. The number of methoxy groups -OCH3 is 1. The fourth-order valence-corrected chi connectivity index (χ4v) is 1.46. The first kappa shape index (κ1) is 15.0. The molecule has 0 aliphatic carbocycles. The molecule has 1 N–H and O–H groups in total. The standard InChI is InChI=1S/C14H18N2O3/c1-11-4-5-12(9-15)8-13(11)19-10-14(17)16-6-3-7-18-2/h4-5,8H,3,6-7,10H2,1-2H3,(H,16,17). The van der Waals surface area contributed by atoms with Crippen LogP contribution < -0.4 is 10.1 Å². The molecule has 19 heavy (non-hydrogen) atoms.